The number of ether oxygens (including phenoxy) is 2. The molecule has 1 heterocycles. The molecular weight excluding hydrogens is 268 g/mol. The van der Waals surface area contributed by atoms with Gasteiger partial charge in [-0.2, -0.15) is 0 Å². The summed E-state index contributed by atoms with van der Waals surface area (Å²) in [7, 11) is 0. The Morgan fingerprint density at radius 3 is 2.63 bits per heavy atom. The fourth-order valence-electron chi connectivity index (χ4n) is 2.99. The first-order valence-corrected chi connectivity index (χ1v) is 6.83. The monoisotopic (exact) mass is 282 g/mol. The quantitative estimate of drug-likeness (QED) is 0.925. The molecule has 2 aliphatic rings. The number of halogens is 1. The van der Waals surface area contributed by atoms with Crippen molar-refractivity contribution in [3.63, 3.8) is 0 Å². The smallest absolute Gasteiger partial charge is 0.314 e. The molecule has 0 unspecified atom stereocenters. The summed E-state index contributed by atoms with van der Waals surface area (Å²) in [5, 5.41) is 10.0. The Morgan fingerprint density at radius 2 is 2.11 bits per heavy atom. The van der Waals surface area contributed by atoms with Gasteiger partial charge in [0.05, 0.1) is 10.4 Å². The number of fused-ring (bicyclic) bond motifs is 1. The molecule has 0 saturated heterocycles. The molecule has 3 rings (SSSR count). The topological polar surface area (TPSA) is 55.8 Å². The molecule has 1 aromatic rings. The zero-order valence-electron chi connectivity index (χ0n) is 10.7. The molecule has 1 aliphatic carbocycles. The molecule has 0 radical (unpaired) electrons. The number of hydrogen-bond donors (Lipinski definition) is 1. The zero-order chi connectivity index (χ0) is 13.6. The molecule has 0 bridgehead atoms. The lowest BCUT2D eigenvalue weighted by atomic mass is 9.63. The molecule has 0 atom stereocenters. The second-order valence-electron chi connectivity index (χ2n) is 5.04. The average Bonchev–Trinajstić information content (AvgIpc) is 2.77. The Bertz CT molecular complexity index is 549. The third-order valence-corrected chi connectivity index (χ3v) is 4.47. The van der Waals surface area contributed by atoms with Crippen molar-refractivity contribution < 1.29 is 19.4 Å². The van der Waals surface area contributed by atoms with E-state index in [1.165, 1.54) is 0 Å². The molecular formula is C14H15ClO4. The Hall–Kier alpha value is -1.42. The number of carboxylic acid groups (broad SMARTS) is 1. The molecule has 1 saturated carbocycles. The Labute approximate surface area is 116 Å². The van der Waals surface area contributed by atoms with E-state index in [1.54, 1.807) is 6.07 Å². The maximum atomic E-state index is 11.7. The van der Waals surface area contributed by atoms with E-state index in [9.17, 15) is 9.90 Å². The summed E-state index contributed by atoms with van der Waals surface area (Å²) in [4.78, 5) is 11.7. The number of carbonyl (C=O) groups is 1. The molecule has 4 nitrogen and oxygen atoms in total. The minimum Gasteiger partial charge on any atom is -0.481 e. The van der Waals surface area contributed by atoms with Gasteiger partial charge in [-0.3, -0.25) is 4.79 Å². The van der Waals surface area contributed by atoms with Gasteiger partial charge in [0.1, 0.15) is 0 Å². The second-order valence-corrected chi connectivity index (χ2v) is 5.45. The normalized spacial score (nSPS) is 19.1. The van der Waals surface area contributed by atoms with Gasteiger partial charge in [-0.05, 0) is 30.9 Å². The van der Waals surface area contributed by atoms with Crippen LogP contribution in [-0.2, 0) is 16.6 Å². The van der Waals surface area contributed by atoms with Crippen molar-refractivity contribution in [2.24, 2.45) is 0 Å². The van der Waals surface area contributed by atoms with E-state index in [1.807, 2.05) is 6.92 Å². The Balaban J connectivity index is 2.22. The van der Waals surface area contributed by atoms with Crippen molar-refractivity contribution in [2.75, 3.05) is 6.79 Å². The lowest BCUT2D eigenvalue weighted by Gasteiger charge is -2.39. The number of rotatable bonds is 3. The molecule has 102 valence electrons. The fourth-order valence-corrected chi connectivity index (χ4v) is 3.24. The largest absolute Gasteiger partial charge is 0.481 e. The van der Waals surface area contributed by atoms with Gasteiger partial charge in [0.15, 0.2) is 11.5 Å². The van der Waals surface area contributed by atoms with Crippen LogP contribution in [0.4, 0.5) is 0 Å². The van der Waals surface area contributed by atoms with Gasteiger partial charge in [-0.1, -0.05) is 24.9 Å². The number of benzene rings is 1. The van der Waals surface area contributed by atoms with E-state index in [-0.39, 0.29) is 6.79 Å². The van der Waals surface area contributed by atoms with Gasteiger partial charge in [-0.15, -0.1) is 0 Å². The van der Waals surface area contributed by atoms with Gasteiger partial charge in [-0.25, -0.2) is 0 Å². The van der Waals surface area contributed by atoms with Crippen molar-refractivity contribution in [1.82, 2.24) is 0 Å². The Morgan fingerprint density at radius 1 is 1.42 bits per heavy atom. The first kappa shape index (κ1) is 12.6. The minimum atomic E-state index is -0.796. The average molecular weight is 283 g/mol. The predicted molar refractivity (Wildman–Crippen MR) is 70.1 cm³/mol. The lowest BCUT2D eigenvalue weighted by molar-refractivity contribution is -0.147. The van der Waals surface area contributed by atoms with Gasteiger partial charge in [0.2, 0.25) is 6.79 Å². The first-order chi connectivity index (χ1) is 9.10. The first-order valence-electron chi connectivity index (χ1n) is 6.45. The summed E-state index contributed by atoms with van der Waals surface area (Å²) in [6.45, 7) is 2.13. The highest BCUT2D eigenvalue weighted by molar-refractivity contribution is 6.32. The van der Waals surface area contributed by atoms with Crippen LogP contribution in [0.15, 0.2) is 6.07 Å². The molecule has 0 aromatic heterocycles. The molecule has 5 heteroatoms. The fraction of sp³-hybridized carbons (Fsp3) is 0.500. The molecule has 1 N–H and O–H groups in total. The van der Waals surface area contributed by atoms with Crippen molar-refractivity contribution in [2.45, 2.75) is 38.0 Å². The van der Waals surface area contributed by atoms with E-state index in [0.29, 0.717) is 35.8 Å². The van der Waals surface area contributed by atoms with Gasteiger partial charge < -0.3 is 14.6 Å². The molecule has 1 aliphatic heterocycles. The van der Waals surface area contributed by atoms with Crippen LogP contribution in [0.5, 0.6) is 11.5 Å². The van der Waals surface area contributed by atoms with Crippen molar-refractivity contribution in [1.29, 1.82) is 0 Å². The standard InChI is InChI=1S/C14H15ClO4/c1-2-8-9(14(13(16)17)4-3-5-14)6-10(15)12-11(8)18-7-19-12/h6H,2-5,7H2,1H3,(H,16,17). The highest BCUT2D eigenvalue weighted by atomic mass is 35.5. The minimum absolute atomic E-state index is 0.144. The van der Waals surface area contributed by atoms with E-state index in [0.717, 1.165) is 17.5 Å². The van der Waals surface area contributed by atoms with E-state index in [4.69, 9.17) is 21.1 Å². The van der Waals surface area contributed by atoms with E-state index < -0.39 is 11.4 Å². The highest BCUT2D eigenvalue weighted by Gasteiger charge is 2.48. The maximum absolute atomic E-state index is 11.7. The highest BCUT2D eigenvalue weighted by Crippen LogP contribution is 2.52. The van der Waals surface area contributed by atoms with Crippen molar-refractivity contribution in [3.8, 4) is 11.5 Å². The van der Waals surface area contributed by atoms with Crippen LogP contribution in [0.1, 0.15) is 37.3 Å². The summed E-state index contributed by atoms with van der Waals surface area (Å²) in [5.74, 6) is 0.392. The van der Waals surface area contributed by atoms with Crippen LogP contribution in [-0.4, -0.2) is 17.9 Å². The molecule has 1 fully saturated rings. The predicted octanol–water partition coefficient (Wildman–Crippen LogP) is 3.14. The van der Waals surface area contributed by atoms with E-state index in [2.05, 4.69) is 0 Å². The summed E-state index contributed by atoms with van der Waals surface area (Å²) in [6, 6.07) is 1.75. The van der Waals surface area contributed by atoms with Crippen LogP contribution in [0.2, 0.25) is 5.02 Å². The van der Waals surface area contributed by atoms with Gasteiger partial charge >= 0.3 is 5.97 Å². The summed E-state index contributed by atoms with van der Waals surface area (Å²) in [5.41, 5.74) is 0.915. The van der Waals surface area contributed by atoms with Crippen LogP contribution in [0, 0.1) is 0 Å². The van der Waals surface area contributed by atoms with Crippen LogP contribution >= 0.6 is 11.6 Å². The van der Waals surface area contributed by atoms with Crippen molar-refractivity contribution in [3.05, 3.63) is 22.2 Å². The summed E-state index contributed by atoms with van der Waals surface area (Å²) >= 11 is 6.20. The molecule has 19 heavy (non-hydrogen) atoms. The van der Waals surface area contributed by atoms with Crippen LogP contribution in [0.25, 0.3) is 0 Å². The van der Waals surface area contributed by atoms with Gasteiger partial charge in [0.25, 0.3) is 0 Å². The molecule has 0 spiro atoms. The van der Waals surface area contributed by atoms with Gasteiger partial charge in [0, 0.05) is 5.56 Å². The van der Waals surface area contributed by atoms with E-state index >= 15 is 0 Å². The second kappa shape index (κ2) is 4.30. The lowest BCUT2D eigenvalue weighted by Crippen LogP contribution is -2.43. The van der Waals surface area contributed by atoms with Crippen LogP contribution < -0.4 is 9.47 Å². The number of aliphatic carboxylic acids is 1. The SMILES string of the molecule is CCc1c(C2(C(=O)O)CCC2)cc(Cl)c2c1OCO2. The third-order valence-electron chi connectivity index (χ3n) is 4.19. The molecule has 1 aromatic carbocycles. The Kier molecular flexibility index (Phi) is 2.86. The number of hydrogen-bond acceptors (Lipinski definition) is 3. The molecule has 0 amide bonds. The van der Waals surface area contributed by atoms with Crippen molar-refractivity contribution >= 4 is 17.6 Å². The summed E-state index contributed by atoms with van der Waals surface area (Å²) < 4.78 is 10.8. The maximum Gasteiger partial charge on any atom is 0.314 e. The zero-order valence-corrected chi connectivity index (χ0v) is 11.4. The third kappa shape index (κ3) is 1.62. The summed E-state index contributed by atoms with van der Waals surface area (Å²) in [6.07, 6.45) is 2.95. The van der Waals surface area contributed by atoms with Crippen LogP contribution in [0.3, 0.4) is 0 Å². The number of carboxylic acids is 1.